The Hall–Kier alpha value is -4.58. The summed E-state index contributed by atoms with van der Waals surface area (Å²) < 4.78 is 28.3. The molecule has 12 heteroatoms. The van der Waals surface area contributed by atoms with Gasteiger partial charge in [-0.25, -0.2) is 19.3 Å². The van der Waals surface area contributed by atoms with Crippen LogP contribution in [0.3, 0.4) is 0 Å². The number of fused-ring (bicyclic) bond motifs is 1. The number of nitrogens with zero attached hydrogens (tertiary/aromatic N) is 5. The Kier molecular flexibility index (Phi) is 7.23. The van der Waals surface area contributed by atoms with Gasteiger partial charge in [0.25, 0.3) is 5.91 Å². The lowest BCUT2D eigenvalue weighted by Crippen LogP contribution is -2.55. The van der Waals surface area contributed by atoms with Gasteiger partial charge in [0.05, 0.1) is 25.2 Å². The molecule has 218 valence electrons. The molecule has 0 bridgehead atoms. The third kappa shape index (κ3) is 5.02. The van der Waals surface area contributed by atoms with Crippen molar-refractivity contribution in [1.29, 1.82) is 0 Å². The van der Waals surface area contributed by atoms with Crippen LogP contribution >= 0.6 is 0 Å². The van der Waals surface area contributed by atoms with Crippen LogP contribution in [0.15, 0.2) is 48.9 Å². The molecule has 6 rings (SSSR count). The van der Waals surface area contributed by atoms with Crippen molar-refractivity contribution in [3.63, 3.8) is 0 Å². The molecule has 0 unspecified atom stereocenters. The maximum Gasteiger partial charge on any atom is 0.256 e. The maximum absolute atomic E-state index is 15.7. The number of likely N-dealkylation sites (tertiary alicyclic amines) is 1. The first kappa shape index (κ1) is 27.6. The molecule has 0 radical (unpaired) electrons. The molecule has 2 fully saturated rings. The van der Waals surface area contributed by atoms with E-state index in [0.29, 0.717) is 55.7 Å². The summed E-state index contributed by atoms with van der Waals surface area (Å²) in [7, 11) is 0. The van der Waals surface area contributed by atoms with Gasteiger partial charge in [-0.1, -0.05) is 0 Å². The number of nitrogens with one attached hydrogen (secondary N) is 1. The summed E-state index contributed by atoms with van der Waals surface area (Å²) in [5.41, 5.74) is 6.91. The van der Waals surface area contributed by atoms with E-state index in [2.05, 4.69) is 15.3 Å². The quantitative estimate of drug-likeness (QED) is 0.340. The number of anilines is 2. The van der Waals surface area contributed by atoms with Gasteiger partial charge in [0.1, 0.15) is 40.2 Å². The first-order valence-electron chi connectivity index (χ1n) is 14.0. The van der Waals surface area contributed by atoms with Gasteiger partial charge in [-0.2, -0.15) is 0 Å². The Morgan fingerprint density at radius 2 is 2.05 bits per heavy atom. The summed E-state index contributed by atoms with van der Waals surface area (Å²) in [5.74, 6) is 0.595. The highest BCUT2D eigenvalue weighted by atomic mass is 19.1. The molecule has 3 aromatic heterocycles. The third-order valence-corrected chi connectivity index (χ3v) is 7.81. The summed E-state index contributed by atoms with van der Waals surface area (Å²) in [6.07, 6.45) is 6.49. The van der Waals surface area contributed by atoms with E-state index in [-0.39, 0.29) is 34.6 Å². The molecule has 11 nitrogen and oxygen atoms in total. The predicted octanol–water partition coefficient (Wildman–Crippen LogP) is 3.91. The number of nitrogens with two attached hydrogens (primary N) is 1. The number of nitrogen functional groups attached to an aromatic ring is 1. The molecule has 0 spiro atoms. The SMILES string of the molecule is CCOc1ccnc(NC(=O)c2ccc(-c3nc([C@@H]4CCCN(C(=O)C5(C)COC5)C4)n4ccnc(N)c34)c(F)c2)c1. The summed E-state index contributed by atoms with van der Waals surface area (Å²) in [4.78, 5) is 41.2. The van der Waals surface area contributed by atoms with Crippen LogP contribution in [0, 0.1) is 11.2 Å². The van der Waals surface area contributed by atoms with Crippen LogP contribution in [0.2, 0.25) is 0 Å². The minimum absolute atomic E-state index is 0.0802. The van der Waals surface area contributed by atoms with E-state index >= 15 is 4.39 Å². The Labute approximate surface area is 241 Å². The second kappa shape index (κ2) is 11.0. The van der Waals surface area contributed by atoms with Crippen LogP contribution in [-0.4, -0.2) is 69.0 Å². The molecular weight excluding hydrogens is 541 g/mol. The monoisotopic (exact) mass is 573 g/mol. The molecule has 3 N–H and O–H groups in total. The number of amides is 2. The largest absolute Gasteiger partial charge is 0.494 e. The third-order valence-electron chi connectivity index (χ3n) is 7.81. The van der Waals surface area contributed by atoms with Crippen molar-refractivity contribution in [2.75, 3.05) is 44.0 Å². The highest BCUT2D eigenvalue weighted by Crippen LogP contribution is 2.37. The van der Waals surface area contributed by atoms with Crippen molar-refractivity contribution < 1.29 is 23.5 Å². The van der Waals surface area contributed by atoms with Crippen molar-refractivity contribution >= 4 is 29.0 Å². The molecule has 2 amide bonds. The first-order valence-corrected chi connectivity index (χ1v) is 14.0. The van der Waals surface area contributed by atoms with Gasteiger partial charge in [0.2, 0.25) is 5.91 Å². The molecule has 0 saturated carbocycles. The molecule has 1 atom stereocenters. The van der Waals surface area contributed by atoms with Crippen molar-refractivity contribution in [2.45, 2.75) is 32.6 Å². The summed E-state index contributed by atoms with van der Waals surface area (Å²) in [6, 6.07) is 7.49. The number of pyridine rings is 1. The highest BCUT2D eigenvalue weighted by Gasteiger charge is 2.44. The summed E-state index contributed by atoms with van der Waals surface area (Å²) in [5, 5.41) is 2.67. The van der Waals surface area contributed by atoms with Gasteiger partial charge in [-0.3, -0.25) is 14.0 Å². The average Bonchev–Trinajstić information content (AvgIpc) is 3.36. The van der Waals surface area contributed by atoms with Crippen molar-refractivity contribution in [2.24, 2.45) is 5.41 Å². The van der Waals surface area contributed by atoms with Crippen LogP contribution in [-0.2, 0) is 9.53 Å². The Morgan fingerprint density at radius 1 is 1.21 bits per heavy atom. The minimum Gasteiger partial charge on any atom is -0.494 e. The van der Waals surface area contributed by atoms with Gasteiger partial charge in [0, 0.05) is 54.8 Å². The van der Waals surface area contributed by atoms with E-state index in [4.69, 9.17) is 20.2 Å². The fourth-order valence-corrected chi connectivity index (χ4v) is 5.62. The van der Waals surface area contributed by atoms with Crippen molar-refractivity contribution in [3.05, 3.63) is 66.1 Å². The number of benzene rings is 1. The highest BCUT2D eigenvalue weighted by molar-refractivity contribution is 6.04. The van der Waals surface area contributed by atoms with Crippen LogP contribution in [0.5, 0.6) is 5.75 Å². The number of carbonyl (C=O) groups excluding carboxylic acids is 2. The number of hydrogen-bond donors (Lipinski definition) is 2. The molecular formula is C30H32FN7O4. The fraction of sp³-hybridized carbons (Fsp3) is 0.367. The number of aromatic nitrogens is 4. The van der Waals surface area contributed by atoms with E-state index in [1.54, 1.807) is 24.5 Å². The Morgan fingerprint density at radius 3 is 2.79 bits per heavy atom. The van der Waals surface area contributed by atoms with E-state index in [9.17, 15) is 9.59 Å². The first-order chi connectivity index (χ1) is 20.3. The lowest BCUT2D eigenvalue weighted by Gasteiger charge is -2.42. The summed E-state index contributed by atoms with van der Waals surface area (Å²) >= 11 is 0. The minimum atomic E-state index is -0.633. The zero-order valence-corrected chi connectivity index (χ0v) is 23.5. The molecule has 2 aliphatic heterocycles. The molecule has 2 aliphatic rings. The zero-order chi connectivity index (χ0) is 29.4. The molecule has 1 aromatic carbocycles. The number of piperidine rings is 1. The smallest absolute Gasteiger partial charge is 0.256 e. The fourth-order valence-electron chi connectivity index (χ4n) is 5.62. The molecule has 2 saturated heterocycles. The summed E-state index contributed by atoms with van der Waals surface area (Å²) in [6.45, 7) is 6.28. The van der Waals surface area contributed by atoms with Crippen molar-refractivity contribution in [3.8, 4) is 17.0 Å². The molecule has 5 heterocycles. The Balaban J connectivity index is 1.29. The van der Waals surface area contributed by atoms with E-state index in [1.165, 1.54) is 18.3 Å². The van der Waals surface area contributed by atoms with Gasteiger partial charge in [-0.05, 0) is 51.0 Å². The number of halogens is 1. The lowest BCUT2D eigenvalue weighted by atomic mass is 9.85. The molecule has 4 aromatic rings. The number of carbonyl (C=O) groups is 2. The van der Waals surface area contributed by atoms with E-state index in [1.807, 2.05) is 23.1 Å². The number of hydrogen-bond acceptors (Lipinski definition) is 8. The van der Waals surface area contributed by atoms with Crippen LogP contribution in [0.4, 0.5) is 16.0 Å². The predicted molar refractivity (Wildman–Crippen MR) is 154 cm³/mol. The number of ether oxygens (including phenoxy) is 2. The second-order valence-electron chi connectivity index (χ2n) is 11.0. The van der Waals surface area contributed by atoms with E-state index in [0.717, 1.165) is 18.9 Å². The standard InChI is InChI=1S/C30H32FN7O4/c1-3-42-20-8-9-33-23(14-20)35-28(39)18-6-7-21(22(31)13-18)24-25-26(32)34-10-12-38(25)27(36-24)19-5-4-11-37(15-19)29(40)30(2)16-41-17-30/h6-10,12-14,19H,3-5,11,15-17H2,1-2H3,(H2,32,34)(H,33,35,39)/t19-/m1/s1. The lowest BCUT2D eigenvalue weighted by molar-refractivity contribution is -0.169. The van der Waals surface area contributed by atoms with Gasteiger partial charge >= 0.3 is 0 Å². The van der Waals surface area contributed by atoms with Crippen LogP contribution in [0.1, 0.15) is 48.8 Å². The normalized spacial score (nSPS) is 18.0. The average molecular weight is 574 g/mol. The molecule has 42 heavy (non-hydrogen) atoms. The van der Waals surface area contributed by atoms with Gasteiger partial charge in [0.15, 0.2) is 0 Å². The molecule has 0 aliphatic carbocycles. The number of rotatable bonds is 7. The Bertz CT molecular complexity index is 1670. The zero-order valence-electron chi connectivity index (χ0n) is 23.5. The van der Waals surface area contributed by atoms with E-state index < -0.39 is 17.1 Å². The van der Waals surface area contributed by atoms with Crippen LogP contribution in [0.25, 0.3) is 16.8 Å². The topological polar surface area (TPSA) is 137 Å². The second-order valence-corrected chi connectivity index (χ2v) is 11.0. The van der Waals surface area contributed by atoms with Gasteiger partial charge < -0.3 is 25.4 Å². The van der Waals surface area contributed by atoms with Crippen LogP contribution < -0.4 is 15.8 Å². The maximum atomic E-state index is 15.7. The number of imidazole rings is 1. The van der Waals surface area contributed by atoms with Crippen molar-refractivity contribution in [1.82, 2.24) is 24.3 Å². The van der Waals surface area contributed by atoms with Gasteiger partial charge in [-0.15, -0.1) is 0 Å².